The summed E-state index contributed by atoms with van der Waals surface area (Å²) in [6, 6.07) is 15.9. The van der Waals surface area contributed by atoms with Gasteiger partial charge in [0.25, 0.3) is 0 Å². The van der Waals surface area contributed by atoms with Gasteiger partial charge in [-0.3, -0.25) is 4.79 Å². The number of aldehydes is 1. The molecule has 0 fully saturated rings. The third-order valence-electron chi connectivity index (χ3n) is 4.62. The molecule has 1 aliphatic rings. The molecular weight excluding hydrogens is 400 g/mol. The van der Waals surface area contributed by atoms with Crippen LogP contribution in [0.4, 0.5) is 5.82 Å². The van der Waals surface area contributed by atoms with Crippen LogP contribution in [-0.4, -0.2) is 26.3 Å². The Morgan fingerprint density at radius 1 is 1.21 bits per heavy atom. The van der Waals surface area contributed by atoms with Gasteiger partial charge in [0.15, 0.2) is 17.3 Å². The molecule has 1 aliphatic heterocycles. The predicted molar refractivity (Wildman–Crippen MR) is 118 cm³/mol. The summed E-state index contributed by atoms with van der Waals surface area (Å²) in [6.45, 7) is 2.22. The largest absolute Gasteiger partial charge is 0.296 e. The fourth-order valence-electron chi connectivity index (χ4n) is 3.06. The maximum atomic E-state index is 11.4. The number of benzene rings is 1. The molecule has 1 aromatic carbocycles. The van der Waals surface area contributed by atoms with Crippen LogP contribution in [0.15, 0.2) is 69.9 Å². The summed E-state index contributed by atoms with van der Waals surface area (Å²) < 4.78 is 0. The van der Waals surface area contributed by atoms with Crippen LogP contribution >= 0.6 is 23.5 Å². The van der Waals surface area contributed by atoms with Gasteiger partial charge in [-0.1, -0.05) is 66.8 Å². The molecule has 0 saturated carbocycles. The second-order valence-electron chi connectivity index (χ2n) is 6.77. The van der Waals surface area contributed by atoms with Crippen LogP contribution in [-0.2, 0) is 5.75 Å². The van der Waals surface area contributed by atoms with Crippen molar-refractivity contribution < 1.29 is 4.79 Å². The first-order chi connectivity index (χ1) is 14.2. The van der Waals surface area contributed by atoms with Gasteiger partial charge in [0, 0.05) is 18.0 Å². The highest BCUT2D eigenvalue weighted by atomic mass is 32.2. The van der Waals surface area contributed by atoms with Crippen LogP contribution in [0.25, 0.3) is 0 Å². The zero-order valence-electron chi connectivity index (χ0n) is 16.0. The molecule has 5 nitrogen and oxygen atoms in total. The zero-order chi connectivity index (χ0) is 20.1. The number of carbonyl (C=O) groups is 1. The Morgan fingerprint density at radius 2 is 2.07 bits per heavy atom. The van der Waals surface area contributed by atoms with E-state index >= 15 is 0 Å². The van der Waals surface area contributed by atoms with Crippen molar-refractivity contribution in [2.45, 2.75) is 41.6 Å². The van der Waals surface area contributed by atoms with E-state index < -0.39 is 0 Å². The molecule has 7 heteroatoms. The molecule has 0 radical (unpaired) electrons. The molecule has 0 saturated heterocycles. The Labute approximate surface area is 178 Å². The number of hydrogen-bond acceptors (Lipinski definition) is 7. The zero-order valence-corrected chi connectivity index (χ0v) is 17.6. The number of rotatable bonds is 5. The lowest BCUT2D eigenvalue weighted by molar-refractivity contribution is 0.111. The van der Waals surface area contributed by atoms with Gasteiger partial charge in [-0.2, -0.15) is 0 Å². The summed E-state index contributed by atoms with van der Waals surface area (Å²) in [5.74, 6) is 1.70. The van der Waals surface area contributed by atoms with Crippen molar-refractivity contribution in [1.82, 2.24) is 15.0 Å². The maximum Gasteiger partial charge on any atom is 0.190 e. The first-order valence-electron chi connectivity index (χ1n) is 9.42. The van der Waals surface area contributed by atoms with Crippen molar-refractivity contribution in [3.05, 3.63) is 71.5 Å². The second kappa shape index (κ2) is 9.33. The van der Waals surface area contributed by atoms with E-state index in [0.717, 1.165) is 35.0 Å². The van der Waals surface area contributed by atoms with Crippen LogP contribution in [0.3, 0.4) is 0 Å². The van der Waals surface area contributed by atoms with Gasteiger partial charge in [-0.15, -0.1) is 0 Å². The molecular formula is C22H20N4OS2. The van der Waals surface area contributed by atoms with E-state index in [4.69, 9.17) is 4.99 Å². The molecule has 146 valence electrons. The van der Waals surface area contributed by atoms with Crippen molar-refractivity contribution in [2.75, 3.05) is 0 Å². The molecule has 29 heavy (non-hydrogen) atoms. The van der Waals surface area contributed by atoms with E-state index in [9.17, 15) is 4.79 Å². The third-order valence-corrected chi connectivity index (χ3v) is 6.60. The molecule has 3 aromatic rings. The lowest BCUT2D eigenvalue weighted by Crippen LogP contribution is -1.96. The summed E-state index contributed by atoms with van der Waals surface area (Å²) in [5.41, 5.74) is 2.79. The molecule has 1 unspecified atom stereocenters. The van der Waals surface area contributed by atoms with E-state index in [-0.39, 0.29) is 0 Å². The van der Waals surface area contributed by atoms with Crippen LogP contribution in [0.5, 0.6) is 0 Å². The highest BCUT2D eigenvalue weighted by molar-refractivity contribution is 8.14. The van der Waals surface area contributed by atoms with E-state index in [2.05, 4.69) is 40.1 Å². The maximum absolute atomic E-state index is 11.4. The average molecular weight is 421 g/mol. The molecule has 4 rings (SSSR count). The standard InChI is InChI=1S/C22H20N4OS2/c1-15-9-10-20(29-21-18(15)8-5-11-23-21)25-19-12-17(13-27)24-22(26-19)28-14-16-6-3-2-4-7-16/h2-8,11-13,15H,9-10,14H2,1H3. The number of pyridine rings is 1. The first kappa shape index (κ1) is 19.8. The molecule has 3 heterocycles. The third kappa shape index (κ3) is 5.10. The van der Waals surface area contributed by atoms with Crippen molar-refractivity contribution >= 4 is 40.7 Å². The molecule has 0 spiro atoms. The Morgan fingerprint density at radius 3 is 2.90 bits per heavy atom. The van der Waals surface area contributed by atoms with Crippen molar-refractivity contribution in [1.29, 1.82) is 0 Å². The van der Waals surface area contributed by atoms with Gasteiger partial charge < -0.3 is 0 Å². The number of carbonyl (C=O) groups excluding carboxylic acids is 1. The molecule has 1 atom stereocenters. The fraction of sp³-hybridized carbons (Fsp3) is 0.227. The van der Waals surface area contributed by atoms with Crippen LogP contribution < -0.4 is 0 Å². The Balaban J connectivity index is 1.58. The number of thioether (sulfide) groups is 2. The SMILES string of the molecule is CC1CCC(=Nc2cc(C=O)nc(SCc3ccccc3)n2)Sc2ncccc21. The Kier molecular flexibility index (Phi) is 6.36. The Bertz CT molecular complexity index is 1040. The van der Waals surface area contributed by atoms with E-state index in [1.807, 2.05) is 30.5 Å². The van der Waals surface area contributed by atoms with Gasteiger partial charge >= 0.3 is 0 Å². The van der Waals surface area contributed by atoms with Gasteiger partial charge in [0.1, 0.15) is 10.7 Å². The van der Waals surface area contributed by atoms with Gasteiger partial charge in [0.2, 0.25) is 0 Å². The quantitative estimate of drug-likeness (QED) is 0.300. The number of hydrogen-bond donors (Lipinski definition) is 0. The van der Waals surface area contributed by atoms with Crippen molar-refractivity contribution in [3.8, 4) is 0 Å². The minimum Gasteiger partial charge on any atom is -0.296 e. The van der Waals surface area contributed by atoms with E-state index in [0.29, 0.717) is 22.6 Å². The molecule has 0 amide bonds. The summed E-state index contributed by atoms with van der Waals surface area (Å²) >= 11 is 3.09. The average Bonchev–Trinajstić information content (AvgIpc) is 2.92. The monoisotopic (exact) mass is 420 g/mol. The minimum absolute atomic E-state index is 0.348. The van der Waals surface area contributed by atoms with E-state index in [1.54, 1.807) is 17.8 Å². The lowest BCUT2D eigenvalue weighted by Gasteiger charge is -2.08. The summed E-state index contributed by atoms with van der Waals surface area (Å²) in [6.07, 6.45) is 4.42. The van der Waals surface area contributed by atoms with Crippen molar-refractivity contribution in [2.24, 2.45) is 4.99 Å². The van der Waals surface area contributed by atoms with Gasteiger partial charge in [-0.25, -0.2) is 19.9 Å². The van der Waals surface area contributed by atoms with Crippen LogP contribution in [0.2, 0.25) is 0 Å². The normalized spacial score (nSPS) is 17.6. The summed E-state index contributed by atoms with van der Waals surface area (Å²) in [5, 5.41) is 2.52. The lowest BCUT2D eigenvalue weighted by atomic mass is 9.98. The minimum atomic E-state index is 0.348. The number of fused-ring (bicyclic) bond motifs is 1. The highest BCUT2D eigenvalue weighted by Gasteiger charge is 2.20. The summed E-state index contributed by atoms with van der Waals surface area (Å²) in [7, 11) is 0. The number of nitrogens with zero attached hydrogens (tertiary/aromatic N) is 4. The van der Waals surface area contributed by atoms with Gasteiger partial charge in [-0.05, 0) is 36.0 Å². The molecule has 0 bridgehead atoms. The molecule has 0 N–H and O–H groups in total. The smallest absolute Gasteiger partial charge is 0.190 e. The Hall–Kier alpha value is -2.51. The van der Waals surface area contributed by atoms with Crippen LogP contribution in [0, 0.1) is 0 Å². The second-order valence-corrected chi connectivity index (χ2v) is 8.78. The topological polar surface area (TPSA) is 68.1 Å². The van der Waals surface area contributed by atoms with Crippen LogP contribution in [0.1, 0.15) is 47.3 Å². The number of aromatic nitrogens is 3. The predicted octanol–water partition coefficient (Wildman–Crippen LogP) is 5.70. The van der Waals surface area contributed by atoms with E-state index in [1.165, 1.54) is 22.9 Å². The molecule has 0 aliphatic carbocycles. The highest BCUT2D eigenvalue weighted by Crippen LogP contribution is 2.36. The molecule has 2 aromatic heterocycles. The first-order valence-corrected chi connectivity index (χ1v) is 11.2. The fourth-order valence-corrected chi connectivity index (χ4v) is 4.96. The van der Waals surface area contributed by atoms with Crippen molar-refractivity contribution in [3.63, 3.8) is 0 Å². The number of aliphatic imine (C=N–C) groups is 1. The summed E-state index contributed by atoms with van der Waals surface area (Å²) in [4.78, 5) is 29.5. The van der Waals surface area contributed by atoms with Gasteiger partial charge in [0.05, 0.1) is 5.04 Å².